The zero-order valence-electron chi connectivity index (χ0n) is 15.7. The third kappa shape index (κ3) is 8.09. The number of carbonyl (C=O) groups excluding carboxylic acids is 2. The summed E-state index contributed by atoms with van der Waals surface area (Å²) >= 11 is 0. The van der Waals surface area contributed by atoms with E-state index in [1.807, 2.05) is 13.8 Å². The van der Waals surface area contributed by atoms with E-state index in [-0.39, 0.29) is 18.1 Å². The van der Waals surface area contributed by atoms with Gasteiger partial charge >= 0.3 is 18.2 Å². The topological polar surface area (TPSA) is 105 Å². The van der Waals surface area contributed by atoms with E-state index >= 15 is 0 Å². The van der Waals surface area contributed by atoms with Gasteiger partial charge in [0.2, 0.25) is 0 Å². The summed E-state index contributed by atoms with van der Waals surface area (Å²) in [5.74, 6) is -0.941. The molecule has 144 valence electrons. The van der Waals surface area contributed by atoms with Crippen LogP contribution in [0.2, 0.25) is 0 Å². The number of carbonyl (C=O) groups is 3. The molecule has 0 aromatic carbocycles. The highest BCUT2D eigenvalue weighted by atomic mass is 16.6. The first-order chi connectivity index (χ1) is 11.5. The number of piperidine rings is 1. The Labute approximate surface area is 148 Å². The number of rotatable bonds is 5. The fraction of sp³-hybridized carbons (Fsp3) is 0.824. The Balaban J connectivity index is 2.41. The predicted octanol–water partition coefficient (Wildman–Crippen LogP) is 2.61. The summed E-state index contributed by atoms with van der Waals surface area (Å²) in [5.41, 5.74) is -0.549. The van der Waals surface area contributed by atoms with Gasteiger partial charge in [-0.15, -0.1) is 0 Å². The van der Waals surface area contributed by atoms with Gasteiger partial charge in [0.25, 0.3) is 0 Å². The standard InChI is InChI=1S/C17H30N2O6/c1-11(2)10-13(14(20)21)18-15(22)24-12-6-8-19(9-7-12)16(23)25-17(3,4)5/h11-13H,6-10H2,1-5H3,(H,18,22)(H,20,21). The number of likely N-dealkylation sites (tertiary alicyclic amines) is 1. The number of hydrogen-bond acceptors (Lipinski definition) is 5. The van der Waals surface area contributed by atoms with Crippen LogP contribution in [0.4, 0.5) is 9.59 Å². The van der Waals surface area contributed by atoms with E-state index in [4.69, 9.17) is 14.6 Å². The van der Waals surface area contributed by atoms with Crippen LogP contribution < -0.4 is 5.32 Å². The summed E-state index contributed by atoms with van der Waals surface area (Å²) in [7, 11) is 0. The molecule has 1 unspecified atom stereocenters. The van der Waals surface area contributed by atoms with Crippen LogP contribution in [0.5, 0.6) is 0 Å². The summed E-state index contributed by atoms with van der Waals surface area (Å²) < 4.78 is 10.6. The van der Waals surface area contributed by atoms with Crippen molar-refractivity contribution in [2.75, 3.05) is 13.1 Å². The Kier molecular flexibility index (Phi) is 7.51. The van der Waals surface area contributed by atoms with Gasteiger partial charge in [-0.3, -0.25) is 0 Å². The molecule has 1 aliphatic rings. The molecule has 2 amide bonds. The molecule has 8 nitrogen and oxygen atoms in total. The Bertz CT molecular complexity index is 478. The van der Waals surface area contributed by atoms with Crippen molar-refractivity contribution in [2.45, 2.75) is 71.6 Å². The Morgan fingerprint density at radius 3 is 2.20 bits per heavy atom. The molecule has 1 atom stereocenters. The zero-order chi connectivity index (χ0) is 19.2. The molecule has 0 radical (unpaired) electrons. The van der Waals surface area contributed by atoms with Crippen molar-refractivity contribution in [3.05, 3.63) is 0 Å². The van der Waals surface area contributed by atoms with E-state index in [1.54, 1.807) is 25.7 Å². The molecule has 0 aliphatic carbocycles. The maximum Gasteiger partial charge on any atom is 0.410 e. The molecule has 0 saturated carbocycles. The van der Waals surface area contributed by atoms with Crippen LogP contribution in [-0.4, -0.2) is 59.0 Å². The van der Waals surface area contributed by atoms with Gasteiger partial charge in [0, 0.05) is 25.9 Å². The van der Waals surface area contributed by atoms with Gasteiger partial charge in [-0.05, 0) is 33.1 Å². The summed E-state index contributed by atoms with van der Waals surface area (Å²) in [6, 6.07) is -0.964. The predicted molar refractivity (Wildman–Crippen MR) is 91.3 cm³/mol. The second-order valence-corrected chi connectivity index (χ2v) is 7.74. The number of aliphatic carboxylic acids is 1. The number of amides is 2. The van der Waals surface area contributed by atoms with Crippen molar-refractivity contribution < 1.29 is 29.0 Å². The van der Waals surface area contributed by atoms with E-state index < -0.39 is 23.7 Å². The Morgan fingerprint density at radius 1 is 1.20 bits per heavy atom. The van der Waals surface area contributed by atoms with Crippen LogP contribution in [0.25, 0.3) is 0 Å². The summed E-state index contributed by atoms with van der Waals surface area (Å²) in [6.45, 7) is 10.1. The van der Waals surface area contributed by atoms with Crippen molar-refractivity contribution in [1.29, 1.82) is 0 Å². The largest absolute Gasteiger partial charge is 0.480 e. The van der Waals surface area contributed by atoms with Crippen LogP contribution in [0, 0.1) is 5.92 Å². The molecule has 1 fully saturated rings. The summed E-state index contributed by atoms with van der Waals surface area (Å²) in [5, 5.41) is 11.5. The lowest BCUT2D eigenvalue weighted by atomic mass is 10.0. The fourth-order valence-electron chi connectivity index (χ4n) is 2.50. The lowest BCUT2D eigenvalue weighted by molar-refractivity contribution is -0.139. The molecule has 0 spiro atoms. The molecular formula is C17H30N2O6. The van der Waals surface area contributed by atoms with Crippen molar-refractivity contribution >= 4 is 18.2 Å². The number of ether oxygens (including phenoxy) is 2. The normalized spacial score (nSPS) is 17.1. The van der Waals surface area contributed by atoms with Gasteiger partial charge in [-0.2, -0.15) is 0 Å². The molecule has 1 aliphatic heterocycles. The maximum absolute atomic E-state index is 12.0. The van der Waals surface area contributed by atoms with Crippen LogP contribution in [0.1, 0.15) is 53.9 Å². The second kappa shape index (κ2) is 8.92. The van der Waals surface area contributed by atoms with E-state index in [1.165, 1.54) is 0 Å². The Hall–Kier alpha value is -1.99. The Morgan fingerprint density at radius 2 is 1.76 bits per heavy atom. The lowest BCUT2D eigenvalue weighted by Crippen LogP contribution is -2.46. The van der Waals surface area contributed by atoms with Crippen LogP contribution in [-0.2, 0) is 14.3 Å². The van der Waals surface area contributed by atoms with Gasteiger partial charge in [-0.1, -0.05) is 13.8 Å². The SMILES string of the molecule is CC(C)CC(NC(=O)OC1CCN(C(=O)OC(C)(C)C)CC1)C(=O)O. The molecule has 2 N–H and O–H groups in total. The number of alkyl carbamates (subject to hydrolysis) is 1. The third-order valence-corrected chi connectivity index (χ3v) is 3.66. The molecule has 25 heavy (non-hydrogen) atoms. The number of nitrogens with one attached hydrogen (secondary N) is 1. The van der Waals surface area contributed by atoms with Gasteiger partial charge in [-0.25, -0.2) is 14.4 Å². The first-order valence-corrected chi connectivity index (χ1v) is 8.66. The minimum atomic E-state index is -1.08. The molecule has 1 heterocycles. The molecule has 1 rings (SSSR count). The lowest BCUT2D eigenvalue weighted by Gasteiger charge is -2.33. The van der Waals surface area contributed by atoms with Crippen LogP contribution in [0.3, 0.4) is 0 Å². The number of hydrogen-bond donors (Lipinski definition) is 2. The number of carboxylic acids is 1. The first kappa shape index (κ1) is 21.1. The van der Waals surface area contributed by atoms with Crippen molar-refractivity contribution in [3.8, 4) is 0 Å². The molecule has 0 bridgehead atoms. The second-order valence-electron chi connectivity index (χ2n) is 7.74. The first-order valence-electron chi connectivity index (χ1n) is 8.66. The smallest absolute Gasteiger partial charge is 0.410 e. The zero-order valence-corrected chi connectivity index (χ0v) is 15.7. The summed E-state index contributed by atoms with van der Waals surface area (Å²) in [4.78, 5) is 36.6. The molecule has 8 heteroatoms. The van der Waals surface area contributed by atoms with E-state index in [0.717, 1.165) is 0 Å². The van der Waals surface area contributed by atoms with Gasteiger partial charge in [0.05, 0.1) is 0 Å². The van der Waals surface area contributed by atoms with Crippen LogP contribution >= 0.6 is 0 Å². The minimum absolute atomic E-state index is 0.137. The molecule has 0 aromatic rings. The molecule has 0 aromatic heterocycles. The maximum atomic E-state index is 12.0. The number of carboxylic acid groups (broad SMARTS) is 1. The van der Waals surface area contributed by atoms with Gasteiger partial charge in [0.15, 0.2) is 0 Å². The average molecular weight is 358 g/mol. The van der Waals surface area contributed by atoms with Crippen LogP contribution in [0.15, 0.2) is 0 Å². The monoisotopic (exact) mass is 358 g/mol. The van der Waals surface area contributed by atoms with Crippen molar-refractivity contribution in [3.63, 3.8) is 0 Å². The fourth-order valence-corrected chi connectivity index (χ4v) is 2.50. The molecular weight excluding hydrogens is 328 g/mol. The average Bonchev–Trinajstić information content (AvgIpc) is 2.44. The highest BCUT2D eigenvalue weighted by Crippen LogP contribution is 2.17. The third-order valence-electron chi connectivity index (χ3n) is 3.66. The minimum Gasteiger partial charge on any atom is -0.480 e. The van der Waals surface area contributed by atoms with Gasteiger partial charge < -0.3 is 24.8 Å². The highest BCUT2D eigenvalue weighted by molar-refractivity contribution is 5.79. The van der Waals surface area contributed by atoms with Gasteiger partial charge in [0.1, 0.15) is 17.7 Å². The number of nitrogens with zero attached hydrogens (tertiary/aromatic N) is 1. The molecule has 1 saturated heterocycles. The quantitative estimate of drug-likeness (QED) is 0.783. The highest BCUT2D eigenvalue weighted by Gasteiger charge is 2.29. The van der Waals surface area contributed by atoms with Crippen molar-refractivity contribution in [1.82, 2.24) is 10.2 Å². The van der Waals surface area contributed by atoms with Crippen molar-refractivity contribution in [2.24, 2.45) is 5.92 Å². The van der Waals surface area contributed by atoms with E-state index in [9.17, 15) is 14.4 Å². The van der Waals surface area contributed by atoms with E-state index in [2.05, 4.69) is 5.32 Å². The summed E-state index contributed by atoms with van der Waals surface area (Å²) in [6.07, 6.45) is -0.126. The van der Waals surface area contributed by atoms with E-state index in [0.29, 0.717) is 32.4 Å².